The van der Waals surface area contributed by atoms with Gasteiger partial charge in [-0.3, -0.25) is 4.79 Å². The van der Waals surface area contributed by atoms with E-state index in [1.165, 1.54) is 0 Å². The molecule has 2 heterocycles. The third-order valence-corrected chi connectivity index (χ3v) is 5.28. The van der Waals surface area contributed by atoms with Crippen molar-refractivity contribution in [3.63, 3.8) is 0 Å². The van der Waals surface area contributed by atoms with Gasteiger partial charge in [0, 0.05) is 29.6 Å². The molecule has 2 aromatic carbocycles. The fourth-order valence-electron chi connectivity index (χ4n) is 3.48. The lowest BCUT2D eigenvalue weighted by atomic mass is 9.96. The Labute approximate surface area is 163 Å². The molecule has 5 nitrogen and oxygen atoms in total. The molecule has 4 rings (SSSR count). The van der Waals surface area contributed by atoms with Crippen molar-refractivity contribution in [2.75, 3.05) is 25.0 Å². The lowest BCUT2D eigenvalue weighted by Gasteiger charge is -2.30. The molecule has 1 amide bonds. The molecule has 0 radical (unpaired) electrons. The van der Waals surface area contributed by atoms with Crippen LogP contribution < -0.4 is 5.32 Å². The number of para-hydroxylation sites is 2. The summed E-state index contributed by atoms with van der Waals surface area (Å²) in [6.07, 6.45) is 2.49. The minimum Gasteiger partial charge on any atom is -0.440 e. The highest BCUT2D eigenvalue weighted by Crippen LogP contribution is 2.29. The maximum Gasteiger partial charge on any atom is 0.225 e. The number of rotatable bonds is 5. The molecule has 1 aliphatic heterocycles. The van der Waals surface area contributed by atoms with E-state index in [1.807, 2.05) is 36.4 Å². The average Bonchev–Trinajstić information content (AvgIpc) is 3.13. The fraction of sp³-hybridized carbons (Fsp3) is 0.333. The number of hydrogen-bond acceptors (Lipinski definition) is 4. The molecule has 0 bridgehead atoms. The number of halogens is 1. The summed E-state index contributed by atoms with van der Waals surface area (Å²) in [6, 6.07) is 15.1. The zero-order valence-corrected chi connectivity index (χ0v) is 15.8. The summed E-state index contributed by atoms with van der Waals surface area (Å²) in [6.45, 7) is 2.68. The van der Waals surface area contributed by atoms with Crippen LogP contribution in [0.5, 0.6) is 0 Å². The zero-order chi connectivity index (χ0) is 18.6. The summed E-state index contributed by atoms with van der Waals surface area (Å²) >= 11 is 5.86. The number of likely N-dealkylation sites (tertiary alicyclic amines) is 1. The van der Waals surface area contributed by atoms with Crippen LogP contribution in [0.15, 0.2) is 52.9 Å². The molecule has 1 aliphatic rings. The summed E-state index contributed by atoms with van der Waals surface area (Å²) in [5.74, 6) is 1.23. The van der Waals surface area contributed by atoms with Crippen molar-refractivity contribution in [3.05, 3.63) is 59.4 Å². The van der Waals surface area contributed by atoms with E-state index in [0.717, 1.165) is 55.2 Å². The Balaban J connectivity index is 1.24. The number of nitrogens with one attached hydrogen (secondary N) is 1. The molecule has 3 aromatic rings. The van der Waals surface area contributed by atoms with Crippen LogP contribution in [0.3, 0.4) is 0 Å². The second-order valence-corrected chi connectivity index (χ2v) is 7.38. The van der Waals surface area contributed by atoms with Crippen LogP contribution in [0.4, 0.5) is 5.69 Å². The van der Waals surface area contributed by atoms with Crippen LogP contribution >= 0.6 is 11.6 Å². The van der Waals surface area contributed by atoms with E-state index < -0.39 is 0 Å². The summed E-state index contributed by atoms with van der Waals surface area (Å²) in [5, 5.41) is 3.57. The number of oxazole rings is 1. The molecule has 0 atom stereocenters. The highest BCUT2D eigenvalue weighted by atomic mass is 35.5. The van der Waals surface area contributed by atoms with Gasteiger partial charge < -0.3 is 14.6 Å². The van der Waals surface area contributed by atoms with Crippen LogP contribution in [-0.2, 0) is 4.79 Å². The number of benzene rings is 2. The smallest absolute Gasteiger partial charge is 0.225 e. The lowest BCUT2D eigenvalue weighted by molar-refractivity contribution is -0.116. The first kappa shape index (κ1) is 18.0. The lowest BCUT2D eigenvalue weighted by Crippen LogP contribution is -2.35. The van der Waals surface area contributed by atoms with Crippen molar-refractivity contribution in [2.24, 2.45) is 0 Å². The van der Waals surface area contributed by atoms with Crippen LogP contribution in [0.1, 0.15) is 31.1 Å². The van der Waals surface area contributed by atoms with E-state index in [9.17, 15) is 4.79 Å². The molecule has 6 heteroatoms. The second kappa shape index (κ2) is 8.11. The van der Waals surface area contributed by atoms with Crippen molar-refractivity contribution in [1.82, 2.24) is 9.88 Å². The molecular weight excluding hydrogens is 362 g/mol. The monoisotopic (exact) mass is 383 g/mol. The van der Waals surface area contributed by atoms with Gasteiger partial charge in [0.2, 0.25) is 5.91 Å². The SMILES string of the molecule is O=C(CCN1CCC(c2nc3ccccc3o2)CC1)Nc1ccc(Cl)cc1. The number of fused-ring (bicyclic) bond motifs is 1. The number of hydrogen-bond donors (Lipinski definition) is 1. The van der Waals surface area contributed by atoms with Gasteiger partial charge in [0.15, 0.2) is 11.5 Å². The van der Waals surface area contributed by atoms with Gasteiger partial charge in [0.25, 0.3) is 0 Å². The normalized spacial score (nSPS) is 15.9. The molecular formula is C21H22ClN3O2. The standard InChI is InChI=1S/C21H22ClN3O2/c22-16-5-7-17(8-6-16)23-20(26)11-14-25-12-9-15(10-13-25)21-24-18-3-1-2-4-19(18)27-21/h1-8,15H,9-14H2,(H,23,26). The largest absolute Gasteiger partial charge is 0.440 e. The first-order valence-corrected chi connectivity index (χ1v) is 9.68. The van der Waals surface area contributed by atoms with Crippen molar-refractivity contribution < 1.29 is 9.21 Å². The molecule has 140 valence electrons. The summed E-state index contributed by atoms with van der Waals surface area (Å²) in [4.78, 5) is 19.1. The highest BCUT2D eigenvalue weighted by Gasteiger charge is 2.24. The van der Waals surface area contributed by atoms with Crippen LogP contribution in [0.2, 0.25) is 5.02 Å². The Kier molecular flexibility index (Phi) is 5.41. The van der Waals surface area contributed by atoms with Gasteiger partial charge in [0.05, 0.1) is 0 Å². The first-order valence-electron chi connectivity index (χ1n) is 9.30. The number of aromatic nitrogens is 1. The molecule has 1 aromatic heterocycles. The third kappa shape index (κ3) is 4.49. The van der Waals surface area contributed by atoms with Crippen LogP contribution in [0, 0.1) is 0 Å². The maximum atomic E-state index is 12.1. The topological polar surface area (TPSA) is 58.4 Å². The Morgan fingerprint density at radius 2 is 1.89 bits per heavy atom. The number of amides is 1. The minimum atomic E-state index is 0.0263. The van der Waals surface area contributed by atoms with E-state index >= 15 is 0 Å². The predicted molar refractivity (Wildman–Crippen MR) is 107 cm³/mol. The number of carbonyl (C=O) groups is 1. The van der Waals surface area contributed by atoms with Crippen molar-refractivity contribution in [3.8, 4) is 0 Å². The van der Waals surface area contributed by atoms with Gasteiger partial charge in [-0.05, 0) is 62.3 Å². The van der Waals surface area contributed by atoms with Crippen molar-refractivity contribution in [2.45, 2.75) is 25.2 Å². The van der Waals surface area contributed by atoms with Gasteiger partial charge in [-0.15, -0.1) is 0 Å². The maximum absolute atomic E-state index is 12.1. The zero-order valence-electron chi connectivity index (χ0n) is 15.0. The number of piperidine rings is 1. The van der Waals surface area contributed by atoms with Gasteiger partial charge in [-0.25, -0.2) is 4.98 Å². The molecule has 0 unspecified atom stereocenters. The molecule has 0 spiro atoms. The Bertz CT molecular complexity index is 882. The van der Waals surface area contributed by atoms with E-state index in [1.54, 1.807) is 12.1 Å². The van der Waals surface area contributed by atoms with Gasteiger partial charge >= 0.3 is 0 Å². The number of carbonyl (C=O) groups excluding carboxylic acids is 1. The van der Waals surface area contributed by atoms with E-state index in [2.05, 4.69) is 15.2 Å². The van der Waals surface area contributed by atoms with Gasteiger partial charge in [0.1, 0.15) is 5.52 Å². The van der Waals surface area contributed by atoms with E-state index in [4.69, 9.17) is 16.0 Å². The van der Waals surface area contributed by atoms with Crippen molar-refractivity contribution in [1.29, 1.82) is 0 Å². The summed E-state index contributed by atoms with van der Waals surface area (Å²) < 4.78 is 5.91. The Morgan fingerprint density at radius 3 is 2.63 bits per heavy atom. The van der Waals surface area contributed by atoms with Crippen molar-refractivity contribution >= 4 is 34.3 Å². The molecule has 27 heavy (non-hydrogen) atoms. The molecule has 0 aliphatic carbocycles. The minimum absolute atomic E-state index is 0.0263. The first-order chi connectivity index (χ1) is 13.2. The Morgan fingerprint density at radius 1 is 1.15 bits per heavy atom. The molecule has 1 N–H and O–H groups in total. The second-order valence-electron chi connectivity index (χ2n) is 6.94. The number of nitrogens with zero attached hydrogens (tertiary/aromatic N) is 2. The Hall–Kier alpha value is -2.37. The van der Waals surface area contributed by atoms with Gasteiger partial charge in [-0.1, -0.05) is 23.7 Å². The van der Waals surface area contributed by atoms with Crippen LogP contribution in [-0.4, -0.2) is 35.4 Å². The highest BCUT2D eigenvalue weighted by molar-refractivity contribution is 6.30. The van der Waals surface area contributed by atoms with Crippen LogP contribution in [0.25, 0.3) is 11.1 Å². The molecule has 0 saturated carbocycles. The summed E-state index contributed by atoms with van der Waals surface area (Å²) in [5.41, 5.74) is 2.56. The predicted octanol–water partition coefficient (Wildman–Crippen LogP) is 4.69. The van der Waals surface area contributed by atoms with E-state index in [-0.39, 0.29) is 5.91 Å². The molecule has 1 fully saturated rings. The van der Waals surface area contributed by atoms with Gasteiger partial charge in [-0.2, -0.15) is 0 Å². The van der Waals surface area contributed by atoms with E-state index in [0.29, 0.717) is 17.4 Å². The number of anilines is 1. The fourth-order valence-corrected chi connectivity index (χ4v) is 3.61. The third-order valence-electron chi connectivity index (χ3n) is 5.03. The quantitative estimate of drug-likeness (QED) is 0.694. The average molecular weight is 384 g/mol. The summed E-state index contributed by atoms with van der Waals surface area (Å²) in [7, 11) is 0. The molecule has 1 saturated heterocycles.